The highest BCUT2D eigenvalue weighted by Gasteiger charge is 2.11. The molecule has 5 heteroatoms. The molecule has 0 bridgehead atoms. The summed E-state index contributed by atoms with van der Waals surface area (Å²) in [4.78, 5) is 15.3. The van der Waals surface area contributed by atoms with E-state index in [0.29, 0.717) is 5.69 Å². The minimum atomic E-state index is -0.440. The zero-order chi connectivity index (χ0) is 13.3. The van der Waals surface area contributed by atoms with Crippen LogP contribution >= 0.6 is 0 Å². The van der Waals surface area contributed by atoms with Gasteiger partial charge in [-0.1, -0.05) is 0 Å². The minimum Gasteiger partial charge on any atom is -0.398 e. The van der Waals surface area contributed by atoms with Crippen molar-refractivity contribution in [3.05, 3.63) is 30.1 Å². The molecule has 94 valence electrons. The summed E-state index contributed by atoms with van der Waals surface area (Å²) in [6, 6.07) is 5.12. The molecule has 0 aliphatic rings. The van der Waals surface area contributed by atoms with Crippen LogP contribution in [0.2, 0.25) is 0 Å². The number of hydrogen-bond acceptors (Lipinski definition) is 4. The lowest BCUT2D eigenvalue weighted by molar-refractivity contribution is -0.118. The number of rotatable bonds is 3. The van der Waals surface area contributed by atoms with E-state index in [4.69, 9.17) is 11.5 Å². The summed E-state index contributed by atoms with van der Waals surface area (Å²) in [5.74, 6) is -0.397. The van der Waals surface area contributed by atoms with Crippen LogP contribution in [0.1, 0.15) is 12.6 Å². The third kappa shape index (κ3) is 2.20. The van der Waals surface area contributed by atoms with E-state index in [9.17, 15) is 4.79 Å². The zero-order valence-corrected chi connectivity index (χ0v) is 10.4. The van der Waals surface area contributed by atoms with Crippen LogP contribution in [0.15, 0.2) is 24.4 Å². The van der Waals surface area contributed by atoms with Gasteiger partial charge in [0.05, 0.1) is 0 Å². The molecule has 1 aromatic heterocycles. The number of hydrogen-bond donors (Lipinski definition) is 3. The summed E-state index contributed by atoms with van der Waals surface area (Å²) in [5, 5.41) is 4.88. The summed E-state index contributed by atoms with van der Waals surface area (Å²) >= 11 is 0. The molecule has 1 atom stereocenters. The van der Waals surface area contributed by atoms with Gasteiger partial charge in [-0.05, 0) is 32.0 Å². The van der Waals surface area contributed by atoms with Crippen molar-refractivity contribution in [3.8, 4) is 0 Å². The van der Waals surface area contributed by atoms with E-state index in [0.717, 1.165) is 22.2 Å². The predicted molar refractivity (Wildman–Crippen MR) is 73.2 cm³/mol. The van der Waals surface area contributed by atoms with Gasteiger partial charge >= 0.3 is 0 Å². The lowest BCUT2D eigenvalue weighted by Gasteiger charge is -2.15. The average Bonchev–Trinajstić information content (AvgIpc) is 2.32. The lowest BCUT2D eigenvalue weighted by Crippen LogP contribution is -2.32. The fourth-order valence-electron chi connectivity index (χ4n) is 1.80. The molecule has 0 spiro atoms. The molecular weight excluding hydrogens is 228 g/mol. The summed E-state index contributed by atoms with van der Waals surface area (Å²) in [5.41, 5.74) is 13.5. The van der Waals surface area contributed by atoms with Gasteiger partial charge in [-0.3, -0.25) is 9.78 Å². The van der Waals surface area contributed by atoms with E-state index in [1.807, 2.05) is 19.1 Å². The second kappa shape index (κ2) is 4.52. The molecule has 5 nitrogen and oxygen atoms in total. The highest BCUT2D eigenvalue weighted by Crippen LogP contribution is 2.28. The van der Waals surface area contributed by atoms with Gasteiger partial charge in [0.15, 0.2) is 0 Å². The first-order chi connectivity index (χ1) is 8.49. The van der Waals surface area contributed by atoms with Crippen LogP contribution in [-0.4, -0.2) is 16.9 Å². The molecule has 5 N–H and O–H groups in total. The summed E-state index contributed by atoms with van der Waals surface area (Å²) in [7, 11) is 0. The summed E-state index contributed by atoms with van der Waals surface area (Å²) < 4.78 is 0. The number of anilines is 2. The van der Waals surface area contributed by atoms with Gasteiger partial charge in [-0.15, -0.1) is 0 Å². The molecule has 1 aromatic carbocycles. The van der Waals surface area contributed by atoms with Crippen LogP contribution in [0.25, 0.3) is 10.8 Å². The van der Waals surface area contributed by atoms with Crippen LogP contribution < -0.4 is 16.8 Å². The predicted octanol–water partition coefficient (Wildman–Crippen LogP) is 1.41. The number of aromatic nitrogens is 1. The Bertz CT molecular complexity index is 609. The number of primary amides is 1. The van der Waals surface area contributed by atoms with Crippen molar-refractivity contribution < 1.29 is 4.79 Å². The van der Waals surface area contributed by atoms with Crippen LogP contribution in [-0.2, 0) is 4.79 Å². The van der Waals surface area contributed by atoms with Crippen LogP contribution in [0, 0.1) is 6.92 Å². The van der Waals surface area contributed by atoms with E-state index in [2.05, 4.69) is 10.3 Å². The summed E-state index contributed by atoms with van der Waals surface area (Å²) in [6.45, 7) is 3.63. The quantitative estimate of drug-likeness (QED) is 0.711. The normalized spacial score (nSPS) is 12.3. The Hall–Kier alpha value is -2.30. The van der Waals surface area contributed by atoms with Gasteiger partial charge in [-0.25, -0.2) is 0 Å². The van der Waals surface area contributed by atoms with E-state index in [-0.39, 0.29) is 0 Å². The van der Waals surface area contributed by atoms with Gasteiger partial charge in [-0.2, -0.15) is 0 Å². The van der Waals surface area contributed by atoms with E-state index >= 15 is 0 Å². The molecule has 0 saturated heterocycles. The average molecular weight is 244 g/mol. The third-order valence-electron chi connectivity index (χ3n) is 2.87. The number of fused-ring (bicyclic) bond motifs is 1. The Kier molecular flexibility index (Phi) is 3.06. The number of amides is 1. The Morgan fingerprint density at radius 1 is 1.39 bits per heavy atom. The van der Waals surface area contributed by atoms with Gasteiger partial charge in [0.25, 0.3) is 0 Å². The Balaban J connectivity index is 2.54. The van der Waals surface area contributed by atoms with Gasteiger partial charge in [0.1, 0.15) is 6.04 Å². The molecular formula is C13H16N4O. The number of aryl methyl sites for hydroxylation is 1. The number of nitrogens with two attached hydrogens (primary N) is 2. The largest absolute Gasteiger partial charge is 0.398 e. The lowest BCUT2D eigenvalue weighted by atomic mass is 10.1. The number of carbonyl (C=O) groups excluding carboxylic acids is 1. The molecule has 1 heterocycles. The molecule has 0 aliphatic carbocycles. The van der Waals surface area contributed by atoms with E-state index in [1.54, 1.807) is 19.2 Å². The number of nitrogen functional groups attached to an aromatic ring is 1. The van der Waals surface area contributed by atoms with E-state index < -0.39 is 11.9 Å². The second-order valence-electron chi connectivity index (χ2n) is 4.34. The Morgan fingerprint density at radius 3 is 2.78 bits per heavy atom. The molecule has 0 radical (unpaired) electrons. The maximum atomic E-state index is 11.1. The number of nitrogens with zero attached hydrogens (tertiary/aromatic N) is 1. The molecule has 2 aromatic rings. The second-order valence-corrected chi connectivity index (χ2v) is 4.34. The van der Waals surface area contributed by atoms with Crippen molar-refractivity contribution in [1.82, 2.24) is 4.98 Å². The molecule has 0 saturated carbocycles. The fourth-order valence-corrected chi connectivity index (χ4v) is 1.80. The first kappa shape index (κ1) is 12.2. The van der Waals surface area contributed by atoms with Crippen LogP contribution in [0.5, 0.6) is 0 Å². The number of pyridine rings is 1. The van der Waals surface area contributed by atoms with E-state index in [1.165, 1.54) is 0 Å². The highest BCUT2D eigenvalue weighted by molar-refractivity contribution is 6.01. The van der Waals surface area contributed by atoms with Crippen LogP contribution in [0.4, 0.5) is 11.4 Å². The van der Waals surface area contributed by atoms with Crippen molar-refractivity contribution in [1.29, 1.82) is 0 Å². The maximum absolute atomic E-state index is 11.1. The molecule has 18 heavy (non-hydrogen) atoms. The Morgan fingerprint density at radius 2 is 2.11 bits per heavy atom. The number of nitrogens with one attached hydrogen (secondary N) is 1. The highest BCUT2D eigenvalue weighted by atomic mass is 16.1. The molecule has 1 unspecified atom stereocenters. The van der Waals surface area contributed by atoms with Gasteiger partial charge in [0.2, 0.25) is 5.91 Å². The van der Waals surface area contributed by atoms with Crippen LogP contribution in [0.3, 0.4) is 0 Å². The number of carbonyl (C=O) groups is 1. The smallest absolute Gasteiger partial charge is 0.239 e. The standard InChI is InChI=1S/C13H16N4O/c1-7-5-9-10(6-16-7)11(14)3-4-12(9)17-8(2)13(15)18/h3-6,8,17H,14H2,1-2H3,(H2,15,18). The zero-order valence-electron chi connectivity index (χ0n) is 10.4. The summed E-state index contributed by atoms with van der Waals surface area (Å²) in [6.07, 6.45) is 1.74. The van der Waals surface area contributed by atoms with Crippen molar-refractivity contribution in [3.63, 3.8) is 0 Å². The Labute approximate surface area is 105 Å². The fraction of sp³-hybridized carbons (Fsp3) is 0.231. The molecule has 2 rings (SSSR count). The van der Waals surface area contributed by atoms with Crippen molar-refractivity contribution >= 4 is 28.1 Å². The first-order valence-electron chi connectivity index (χ1n) is 5.69. The molecule has 1 amide bonds. The monoisotopic (exact) mass is 244 g/mol. The van der Waals surface area contributed by atoms with Crippen molar-refractivity contribution in [2.75, 3.05) is 11.1 Å². The van der Waals surface area contributed by atoms with Crippen molar-refractivity contribution in [2.24, 2.45) is 5.73 Å². The third-order valence-corrected chi connectivity index (χ3v) is 2.87. The minimum absolute atomic E-state index is 0.397. The van der Waals surface area contributed by atoms with Gasteiger partial charge < -0.3 is 16.8 Å². The van der Waals surface area contributed by atoms with Crippen molar-refractivity contribution in [2.45, 2.75) is 19.9 Å². The SMILES string of the molecule is Cc1cc2c(NC(C)C(N)=O)ccc(N)c2cn1. The first-order valence-corrected chi connectivity index (χ1v) is 5.69. The number of benzene rings is 1. The maximum Gasteiger partial charge on any atom is 0.239 e. The topological polar surface area (TPSA) is 94.0 Å². The molecule has 0 aliphatic heterocycles. The van der Waals surface area contributed by atoms with Gasteiger partial charge in [0, 0.05) is 34.0 Å². The molecule has 0 fully saturated rings.